The summed E-state index contributed by atoms with van der Waals surface area (Å²) in [4.78, 5) is 38.5. The molecule has 0 aliphatic carbocycles. The Labute approximate surface area is 193 Å². The van der Waals surface area contributed by atoms with Crippen LogP contribution in [0.15, 0.2) is 82.8 Å². The van der Waals surface area contributed by atoms with Gasteiger partial charge in [-0.1, -0.05) is 54.1 Å². The first kappa shape index (κ1) is 21.5. The van der Waals surface area contributed by atoms with E-state index in [9.17, 15) is 14.4 Å². The number of rotatable bonds is 5. The minimum absolute atomic E-state index is 0.131. The summed E-state index contributed by atoms with van der Waals surface area (Å²) >= 11 is 3.48. The van der Waals surface area contributed by atoms with E-state index in [4.69, 9.17) is 4.74 Å². The number of carbonyl (C=O) groups is 3. The number of barbiturate groups is 1. The van der Waals surface area contributed by atoms with Gasteiger partial charge in [0.1, 0.15) is 17.9 Å². The summed E-state index contributed by atoms with van der Waals surface area (Å²) in [5, 5.41) is 2.22. The summed E-state index contributed by atoms with van der Waals surface area (Å²) < 4.78 is 6.57. The maximum Gasteiger partial charge on any atom is 0.335 e. The molecule has 1 fully saturated rings. The van der Waals surface area contributed by atoms with E-state index in [0.29, 0.717) is 28.1 Å². The zero-order chi connectivity index (χ0) is 22.7. The summed E-state index contributed by atoms with van der Waals surface area (Å²) in [5.41, 5.74) is 3.08. The van der Waals surface area contributed by atoms with E-state index in [1.807, 2.05) is 25.1 Å². The number of anilines is 1. The van der Waals surface area contributed by atoms with Gasteiger partial charge in [0.05, 0.1) is 10.2 Å². The van der Waals surface area contributed by atoms with Crippen LogP contribution in [-0.4, -0.2) is 17.8 Å². The Morgan fingerprint density at radius 3 is 2.47 bits per heavy atom. The molecule has 1 heterocycles. The molecular formula is C25H19BrN2O4. The molecule has 0 saturated carbocycles. The van der Waals surface area contributed by atoms with E-state index in [-0.39, 0.29) is 5.57 Å². The molecule has 32 heavy (non-hydrogen) atoms. The number of aryl methyl sites for hydroxylation is 1. The summed E-state index contributed by atoms with van der Waals surface area (Å²) in [6.45, 7) is 2.44. The van der Waals surface area contributed by atoms with Gasteiger partial charge < -0.3 is 4.74 Å². The third-order valence-electron chi connectivity index (χ3n) is 4.86. The smallest absolute Gasteiger partial charge is 0.335 e. The van der Waals surface area contributed by atoms with Gasteiger partial charge in [-0.25, -0.2) is 9.69 Å². The lowest BCUT2D eigenvalue weighted by atomic mass is 10.1. The maximum atomic E-state index is 12.9. The van der Waals surface area contributed by atoms with Crippen LogP contribution in [0.3, 0.4) is 0 Å². The fourth-order valence-electron chi connectivity index (χ4n) is 3.32. The summed E-state index contributed by atoms with van der Waals surface area (Å²) in [6.07, 6.45) is 1.45. The zero-order valence-corrected chi connectivity index (χ0v) is 18.8. The number of amides is 4. The Kier molecular flexibility index (Phi) is 6.18. The van der Waals surface area contributed by atoms with E-state index in [2.05, 4.69) is 27.3 Å². The van der Waals surface area contributed by atoms with Crippen LogP contribution >= 0.6 is 15.9 Å². The van der Waals surface area contributed by atoms with E-state index in [0.717, 1.165) is 16.0 Å². The number of imide groups is 2. The van der Waals surface area contributed by atoms with Gasteiger partial charge in [0, 0.05) is 0 Å². The van der Waals surface area contributed by atoms with Gasteiger partial charge >= 0.3 is 6.03 Å². The average Bonchev–Trinajstić information content (AvgIpc) is 2.77. The minimum atomic E-state index is -0.774. The lowest BCUT2D eigenvalue weighted by molar-refractivity contribution is -0.122. The Bertz CT molecular complexity index is 1240. The molecule has 0 atom stereocenters. The van der Waals surface area contributed by atoms with Crippen molar-refractivity contribution in [2.75, 3.05) is 4.90 Å². The molecule has 4 amide bonds. The third kappa shape index (κ3) is 4.63. The largest absolute Gasteiger partial charge is 0.488 e. The summed E-state index contributed by atoms with van der Waals surface area (Å²) in [7, 11) is 0. The van der Waals surface area contributed by atoms with Crippen molar-refractivity contribution in [3.8, 4) is 5.75 Å². The Hall–Kier alpha value is -3.71. The first-order valence-electron chi connectivity index (χ1n) is 9.87. The molecular weight excluding hydrogens is 472 g/mol. The molecule has 6 nitrogen and oxygen atoms in total. The minimum Gasteiger partial charge on any atom is -0.488 e. The number of hydrogen-bond donors (Lipinski definition) is 1. The Morgan fingerprint density at radius 2 is 1.75 bits per heavy atom. The fraction of sp³-hybridized carbons (Fsp3) is 0.0800. The normalized spacial score (nSPS) is 15.1. The van der Waals surface area contributed by atoms with Crippen LogP contribution in [0, 0.1) is 6.92 Å². The van der Waals surface area contributed by atoms with E-state index in [1.54, 1.807) is 48.5 Å². The maximum absolute atomic E-state index is 12.9. The molecule has 1 aliphatic rings. The lowest BCUT2D eigenvalue weighted by Gasteiger charge is -2.26. The highest BCUT2D eigenvalue weighted by atomic mass is 79.9. The number of urea groups is 1. The average molecular weight is 491 g/mol. The monoisotopic (exact) mass is 490 g/mol. The van der Waals surface area contributed by atoms with Crippen molar-refractivity contribution in [2.45, 2.75) is 13.5 Å². The van der Waals surface area contributed by atoms with Crippen molar-refractivity contribution in [3.63, 3.8) is 0 Å². The number of benzene rings is 3. The predicted molar refractivity (Wildman–Crippen MR) is 125 cm³/mol. The van der Waals surface area contributed by atoms with Gasteiger partial charge in [-0.15, -0.1) is 0 Å². The van der Waals surface area contributed by atoms with Crippen molar-refractivity contribution in [1.29, 1.82) is 0 Å². The first-order valence-corrected chi connectivity index (χ1v) is 10.7. The first-order chi connectivity index (χ1) is 15.4. The SMILES string of the molecule is Cc1cccc(COc2ccc(/C=C3\C(=O)NC(=O)N(c4ccccc4)C3=O)cc2Br)c1. The fourth-order valence-corrected chi connectivity index (χ4v) is 3.83. The van der Waals surface area contributed by atoms with Gasteiger partial charge in [0.15, 0.2) is 0 Å². The topological polar surface area (TPSA) is 75.7 Å². The van der Waals surface area contributed by atoms with Crippen LogP contribution in [-0.2, 0) is 16.2 Å². The van der Waals surface area contributed by atoms with Crippen molar-refractivity contribution < 1.29 is 19.1 Å². The van der Waals surface area contributed by atoms with Crippen LogP contribution < -0.4 is 15.0 Å². The molecule has 0 unspecified atom stereocenters. The number of ether oxygens (including phenoxy) is 1. The van der Waals surface area contributed by atoms with Crippen molar-refractivity contribution >= 4 is 45.5 Å². The standard InChI is InChI=1S/C25H19BrN2O4/c1-16-6-5-7-18(12-16)15-32-22-11-10-17(14-21(22)26)13-20-23(29)27-25(31)28(24(20)30)19-8-3-2-4-9-19/h2-14H,15H2,1H3,(H,27,29,31)/b20-13+. The highest BCUT2D eigenvalue weighted by Crippen LogP contribution is 2.29. The molecule has 7 heteroatoms. The molecule has 1 N–H and O–H groups in total. The zero-order valence-electron chi connectivity index (χ0n) is 17.2. The van der Waals surface area contributed by atoms with Crippen LogP contribution in [0.4, 0.5) is 10.5 Å². The second-order valence-electron chi connectivity index (χ2n) is 7.26. The van der Waals surface area contributed by atoms with Gasteiger partial charge in [-0.3, -0.25) is 14.9 Å². The van der Waals surface area contributed by atoms with Crippen LogP contribution in [0.25, 0.3) is 6.08 Å². The molecule has 0 bridgehead atoms. The number of hydrogen-bond acceptors (Lipinski definition) is 4. The molecule has 0 aromatic heterocycles. The second kappa shape index (κ2) is 9.20. The second-order valence-corrected chi connectivity index (χ2v) is 8.12. The van der Waals surface area contributed by atoms with Gasteiger partial charge in [0.25, 0.3) is 11.8 Å². The number of carbonyl (C=O) groups excluding carboxylic acids is 3. The Morgan fingerprint density at radius 1 is 0.969 bits per heavy atom. The highest BCUT2D eigenvalue weighted by Gasteiger charge is 2.36. The quantitative estimate of drug-likeness (QED) is 0.403. The molecule has 160 valence electrons. The predicted octanol–water partition coefficient (Wildman–Crippen LogP) is 5.00. The molecule has 1 aliphatic heterocycles. The molecule has 0 radical (unpaired) electrons. The highest BCUT2D eigenvalue weighted by molar-refractivity contribution is 9.10. The summed E-state index contributed by atoms with van der Waals surface area (Å²) in [6, 6.07) is 21.0. The molecule has 1 saturated heterocycles. The van der Waals surface area contributed by atoms with E-state index < -0.39 is 17.8 Å². The number of halogens is 1. The van der Waals surface area contributed by atoms with Crippen molar-refractivity contribution in [2.24, 2.45) is 0 Å². The van der Waals surface area contributed by atoms with Gasteiger partial charge in [-0.2, -0.15) is 0 Å². The number of para-hydroxylation sites is 1. The summed E-state index contributed by atoms with van der Waals surface area (Å²) in [5.74, 6) is -0.780. The Balaban J connectivity index is 1.56. The molecule has 4 rings (SSSR count). The van der Waals surface area contributed by atoms with Crippen LogP contribution in [0.1, 0.15) is 16.7 Å². The number of nitrogens with one attached hydrogen (secondary N) is 1. The third-order valence-corrected chi connectivity index (χ3v) is 5.48. The van der Waals surface area contributed by atoms with Gasteiger partial charge in [-0.05, 0) is 64.3 Å². The number of nitrogens with zero attached hydrogens (tertiary/aromatic N) is 1. The van der Waals surface area contributed by atoms with Gasteiger partial charge in [0.2, 0.25) is 0 Å². The molecule has 0 spiro atoms. The van der Waals surface area contributed by atoms with Crippen LogP contribution in [0.2, 0.25) is 0 Å². The van der Waals surface area contributed by atoms with Crippen LogP contribution in [0.5, 0.6) is 5.75 Å². The van der Waals surface area contributed by atoms with E-state index in [1.165, 1.54) is 6.08 Å². The van der Waals surface area contributed by atoms with Crippen molar-refractivity contribution in [3.05, 3.63) is 99.5 Å². The van der Waals surface area contributed by atoms with E-state index >= 15 is 0 Å². The molecule has 3 aromatic carbocycles. The molecule has 3 aromatic rings. The lowest BCUT2D eigenvalue weighted by Crippen LogP contribution is -2.54. The van der Waals surface area contributed by atoms with Crippen molar-refractivity contribution in [1.82, 2.24) is 5.32 Å².